The Morgan fingerprint density at radius 3 is 2.61 bits per heavy atom. The molecule has 5 heteroatoms. The third-order valence-corrected chi connectivity index (χ3v) is 2.67. The van der Waals surface area contributed by atoms with Gasteiger partial charge in [-0.3, -0.25) is 4.99 Å². The second kappa shape index (κ2) is 5.08. The Morgan fingerprint density at radius 2 is 1.89 bits per heavy atom. The molecule has 0 aliphatic rings. The molecule has 0 spiro atoms. The molecular formula is C13H12B2FNO. The number of benzene rings is 2. The van der Waals surface area contributed by atoms with Gasteiger partial charge in [0.1, 0.15) is 27.3 Å². The van der Waals surface area contributed by atoms with Gasteiger partial charge in [-0.15, -0.1) is 0 Å². The van der Waals surface area contributed by atoms with Crippen molar-refractivity contribution in [3.63, 3.8) is 0 Å². The predicted octanol–water partition coefficient (Wildman–Crippen LogP) is -0.201. The Balaban J connectivity index is 2.38. The van der Waals surface area contributed by atoms with Crippen LogP contribution in [0.25, 0.3) is 0 Å². The zero-order chi connectivity index (χ0) is 13.1. The van der Waals surface area contributed by atoms with Gasteiger partial charge in [0.2, 0.25) is 0 Å². The van der Waals surface area contributed by atoms with Gasteiger partial charge in [0.15, 0.2) is 0 Å². The van der Waals surface area contributed by atoms with E-state index in [1.54, 1.807) is 18.2 Å². The van der Waals surface area contributed by atoms with Gasteiger partial charge in [0.05, 0.1) is 5.69 Å². The smallest absolute Gasteiger partial charge is 0.148 e. The van der Waals surface area contributed by atoms with E-state index < -0.39 is 0 Å². The van der Waals surface area contributed by atoms with E-state index in [-0.39, 0.29) is 17.3 Å². The summed E-state index contributed by atoms with van der Waals surface area (Å²) < 4.78 is 13.4. The number of phenolic OH excluding ortho intramolecular Hbond substituents is 1. The lowest BCUT2D eigenvalue weighted by Crippen LogP contribution is -2.15. The Hall–Kier alpha value is -2.03. The van der Waals surface area contributed by atoms with Crippen LogP contribution >= 0.6 is 0 Å². The van der Waals surface area contributed by atoms with E-state index >= 15 is 0 Å². The Morgan fingerprint density at radius 1 is 1.17 bits per heavy atom. The third kappa shape index (κ3) is 2.62. The Labute approximate surface area is 107 Å². The molecule has 88 valence electrons. The lowest BCUT2D eigenvalue weighted by molar-refractivity contribution is 0.479. The van der Waals surface area contributed by atoms with Gasteiger partial charge in [-0.05, 0) is 17.6 Å². The maximum Gasteiger partial charge on any atom is 0.148 e. The summed E-state index contributed by atoms with van der Waals surface area (Å²) in [5.41, 5.74) is 2.66. The number of para-hydroxylation sites is 1. The Kier molecular flexibility index (Phi) is 3.51. The van der Waals surface area contributed by atoms with E-state index in [1.807, 2.05) is 27.8 Å². The van der Waals surface area contributed by atoms with Crippen LogP contribution in [0.5, 0.6) is 5.75 Å². The van der Waals surface area contributed by atoms with Crippen molar-refractivity contribution in [1.82, 2.24) is 0 Å². The van der Waals surface area contributed by atoms with Crippen molar-refractivity contribution < 1.29 is 9.50 Å². The molecule has 0 amide bonds. The van der Waals surface area contributed by atoms with Gasteiger partial charge in [0.25, 0.3) is 0 Å². The fourth-order valence-corrected chi connectivity index (χ4v) is 1.79. The number of hydrogen-bond donors (Lipinski definition) is 1. The summed E-state index contributed by atoms with van der Waals surface area (Å²) in [6.45, 7) is 0. The van der Waals surface area contributed by atoms with Gasteiger partial charge in [-0.1, -0.05) is 29.7 Å². The van der Waals surface area contributed by atoms with Crippen molar-refractivity contribution in [3.05, 3.63) is 47.8 Å². The van der Waals surface area contributed by atoms with Crippen molar-refractivity contribution in [2.24, 2.45) is 4.99 Å². The van der Waals surface area contributed by atoms with Crippen LogP contribution in [0.15, 0.2) is 41.4 Å². The average molecular weight is 239 g/mol. The molecule has 2 aromatic carbocycles. The molecule has 0 bridgehead atoms. The normalized spacial score (nSPS) is 10.9. The number of hydrogen-bond acceptors (Lipinski definition) is 2. The van der Waals surface area contributed by atoms with E-state index in [4.69, 9.17) is 0 Å². The first-order chi connectivity index (χ1) is 8.58. The number of rotatable bonds is 2. The van der Waals surface area contributed by atoms with Crippen LogP contribution in [-0.4, -0.2) is 27.0 Å². The largest absolute Gasteiger partial charge is 0.508 e. The number of halogens is 1. The van der Waals surface area contributed by atoms with Crippen molar-refractivity contribution in [2.45, 2.75) is 0 Å². The van der Waals surface area contributed by atoms with Crippen molar-refractivity contribution >= 4 is 38.5 Å². The fraction of sp³-hybridized carbons (Fsp3) is 0. The third-order valence-electron chi connectivity index (χ3n) is 2.67. The zero-order valence-electron chi connectivity index (χ0n) is 10.3. The van der Waals surface area contributed by atoms with Crippen molar-refractivity contribution in [1.29, 1.82) is 0 Å². The first-order valence-corrected chi connectivity index (χ1v) is 5.67. The van der Waals surface area contributed by atoms with Crippen LogP contribution in [0, 0.1) is 5.82 Å². The highest BCUT2D eigenvalue weighted by Crippen LogP contribution is 2.17. The average Bonchev–Trinajstić information content (AvgIpc) is 2.33. The van der Waals surface area contributed by atoms with Gasteiger partial charge >= 0.3 is 0 Å². The molecule has 2 rings (SSSR count). The molecule has 0 saturated carbocycles. The number of nitrogens with zero attached hydrogens (tertiary/aromatic N) is 1. The van der Waals surface area contributed by atoms with E-state index in [0.717, 1.165) is 10.9 Å². The fourth-order valence-electron chi connectivity index (χ4n) is 1.79. The first kappa shape index (κ1) is 12.4. The van der Waals surface area contributed by atoms with E-state index in [1.165, 1.54) is 12.3 Å². The molecule has 18 heavy (non-hydrogen) atoms. The van der Waals surface area contributed by atoms with E-state index in [9.17, 15) is 9.50 Å². The maximum atomic E-state index is 13.4. The molecule has 0 aliphatic carbocycles. The van der Waals surface area contributed by atoms with Crippen LogP contribution in [0.4, 0.5) is 10.1 Å². The molecule has 0 saturated heterocycles. The summed E-state index contributed by atoms with van der Waals surface area (Å²) >= 11 is 0. The summed E-state index contributed by atoms with van der Waals surface area (Å²) in [7, 11) is 3.76. The minimum Gasteiger partial charge on any atom is -0.508 e. The summed E-state index contributed by atoms with van der Waals surface area (Å²) in [5.74, 6) is -0.196. The molecule has 2 aromatic rings. The first-order valence-electron chi connectivity index (χ1n) is 5.67. The second-order valence-corrected chi connectivity index (χ2v) is 4.23. The molecule has 2 nitrogen and oxygen atoms in total. The zero-order valence-corrected chi connectivity index (χ0v) is 10.3. The molecule has 0 aromatic heterocycles. The molecular weight excluding hydrogens is 227 g/mol. The van der Waals surface area contributed by atoms with Crippen LogP contribution in [0.3, 0.4) is 0 Å². The molecule has 0 radical (unpaired) electrons. The summed E-state index contributed by atoms with van der Waals surface area (Å²) in [6.07, 6.45) is 1.48. The molecule has 0 atom stereocenters. The lowest BCUT2D eigenvalue weighted by atomic mass is 9.85. The number of aliphatic imine (C=N–C) groups is 1. The van der Waals surface area contributed by atoms with Gasteiger partial charge < -0.3 is 5.11 Å². The van der Waals surface area contributed by atoms with Crippen LogP contribution in [0.2, 0.25) is 0 Å². The summed E-state index contributed by atoms with van der Waals surface area (Å²) in [6, 6.07) is 9.97. The summed E-state index contributed by atoms with van der Waals surface area (Å²) in [4.78, 5) is 4.06. The monoisotopic (exact) mass is 239 g/mol. The molecule has 0 aliphatic heterocycles. The maximum absolute atomic E-state index is 13.4. The number of aromatic hydroxyl groups is 1. The topological polar surface area (TPSA) is 32.6 Å². The highest BCUT2D eigenvalue weighted by atomic mass is 19.1. The predicted molar refractivity (Wildman–Crippen MR) is 78.1 cm³/mol. The minimum absolute atomic E-state index is 0.181. The van der Waals surface area contributed by atoms with Gasteiger partial charge in [0, 0.05) is 11.8 Å². The molecule has 0 unspecified atom stereocenters. The summed E-state index contributed by atoms with van der Waals surface area (Å²) in [5, 5.41) is 9.88. The van der Waals surface area contributed by atoms with Crippen LogP contribution in [-0.2, 0) is 0 Å². The van der Waals surface area contributed by atoms with Crippen molar-refractivity contribution in [2.75, 3.05) is 0 Å². The van der Waals surface area contributed by atoms with Crippen LogP contribution in [0.1, 0.15) is 5.56 Å². The van der Waals surface area contributed by atoms with E-state index in [2.05, 4.69) is 4.99 Å². The molecule has 0 heterocycles. The highest BCUT2D eigenvalue weighted by molar-refractivity contribution is 6.39. The molecule has 1 N–H and O–H groups in total. The highest BCUT2D eigenvalue weighted by Gasteiger charge is 2.03. The molecule has 0 fully saturated rings. The lowest BCUT2D eigenvalue weighted by Gasteiger charge is -2.05. The standard InChI is InChI=1S/C13H12B2FNO/c14-9-5-8(13(18)10(15)6-9)7-17-12-4-2-1-3-11(12)16/h1-7,18H,14-15H2/b17-7+. The number of phenols is 1. The van der Waals surface area contributed by atoms with E-state index in [0.29, 0.717) is 5.56 Å². The quantitative estimate of drug-likeness (QED) is 0.571. The van der Waals surface area contributed by atoms with Crippen LogP contribution < -0.4 is 10.9 Å². The van der Waals surface area contributed by atoms with Crippen molar-refractivity contribution in [3.8, 4) is 5.75 Å². The Bertz CT molecular complexity index is 614. The van der Waals surface area contributed by atoms with Gasteiger partial charge in [-0.25, -0.2) is 4.39 Å². The second-order valence-electron chi connectivity index (χ2n) is 4.23. The minimum atomic E-state index is -0.377. The van der Waals surface area contributed by atoms with Gasteiger partial charge in [-0.2, -0.15) is 0 Å². The SMILES string of the molecule is Bc1cc(B)c(O)c(/C=N/c2ccccc2F)c1.